The van der Waals surface area contributed by atoms with Crippen LogP contribution in [0, 0.1) is 0 Å². The van der Waals surface area contributed by atoms with E-state index >= 15 is 0 Å². The molecule has 19 heavy (non-hydrogen) atoms. The molecule has 102 valence electrons. The number of benzene rings is 1. The highest BCUT2D eigenvalue weighted by Gasteiger charge is 2.14. The molecule has 0 saturated heterocycles. The van der Waals surface area contributed by atoms with E-state index in [1.165, 1.54) is 4.88 Å². The molecule has 3 N–H and O–H groups in total. The minimum absolute atomic E-state index is 0.1000. The van der Waals surface area contributed by atoms with Crippen LogP contribution in [0.25, 0.3) is 0 Å². The van der Waals surface area contributed by atoms with Crippen LogP contribution in [-0.2, 0) is 12.8 Å². The van der Waals surface area contributed by atoms with Gasteiger partial charge in [0, 0.05) is 21.0 Å². The van der Waals surface area contributed by atoms with Crippen LogP contribution in [0.5, 0.6) is 0 Å². The monoisotopic (exact) mass is 378 g/mol. The lowest BCUT2D eigenvalue weighted by Crippen LogP contribution is -2.38. The normalized spacial score (nSPS) is 12.6. The number of hydrogen-bond acceptors (Lipinski definition) is 3. The van der Waals surface area contributed by atoms with Crippen LogP contribution in [0.4, 0.5) is 0 Å². The Hall–Kier alpha value is -0.100. The van der Waals surface area contributed by atoms with Gasteiger partial charge in [-0.1, -0.05) is 29.3 Å². The van der Waals surface area contributed by atoms with E-state index in [-0.39, 0.29) is 6.04 Å². The molecule has 0 aliphatic carbocycles. The van der Waals surface area contributed by atoms with Crippen LogP contribution in [0.1, 0.15) is 10.4 Å². The van der Waals surface area contributed by atoms with E-state index in [0.29, 0.717) is 16.5 Å². The first-order valence-electron chi connectivity index (χ1n) is 5.73. The zero-order valence-corrected chi connectivity index (χ0v) is 13.9. The molecule has 2 aromatic rings. The predicted octanol–water partition coefficient (Wildman–Crippen LogP) is 4.43. The minimum Gasteiger partial charge on any atom is -0.271 e. The van der Waals surface area contributed by atoms with Crippen molar-refractivity contribution in [3.8, 4) is 0 Å². The van der Waals surface area contributed by atoms with E-state index in [0.717, 1.165) is 15.8 Å². The number of nitrogens with two attached hydrogens (primary N) is 1. The topological polar surface area (TPSA) is 38.0 Å². The molecule has 1 aromatic carbocycles. The van der Waals surface area contributed by atoms with Crippen LogP contribution >= 0.6 is 50.5 Å². The maximum absolute atomic E-state index is 6.18. The number of halogens is 3. The number of nitrogens with one attached hydrogen (secondary N) is 1. The predicted molar refractivity (Wildman–Crippen MR) is 87.0 cm³/mol. The lowest BCUT2D eigenvalue weighted by atomic mass is 10.0. The highest BCUT2D eigenvalue weighted by atomic mass is 79.9. The maximum Gasteiger partial charge on any atom is 0.0701 e. The summed E-state index contributed by atoms with van der Waals surface area (Å²) in [6.07, 6.45) is 1.54. The standard InChI is InChI=1S/C13H13BrCl2N2S/c14-13-5-4-9(19-13)6-8(18-17)7-10-11(15)2-1-3-12(10)16/h1-5,8,18H,6-7,17H2. The van der Waals surface area contributed by atoms with E-state index in [4.69, 9.17) is 29.0 Å². The van der Waals surface area contributed by atoms with Crippen molar-refractivity contribution < 1.29 is 0 Å². The molecule has 0 amide bonds. The van der Waals surface area contributed by atoms with Crippen LogP contribution in [0.3, 0.4) is 0 Å². The van der Waals surface area contributed by atoms with Gasteiger partial charge in [-0.15, -0.1) is 11.3 Å². The SMILES string of the molecule is NNC(Cc1ccc(Br)s1)Cc1c(Cl)cccc1Cl. The Balaban J connectivity index is 2.11. The van der Waals surface area contributed by atoms with Crippen LogP contribution in [-0.4, -0.2) is 6.04 Å². The van der Waals surface area contributed by atoms with E-state index in [1.807, 2.05) is 24.3 Å². The van der Waals surface area contributed by atoms with Gasteiger partial charge in [-0.05, 0) is 58.6 Å². The molecule has 0 radical (unpaired) electrons. The first-order valence-corrected chi connectivity index (χ1v) is 8.10. The molecule has 0 bridgehead atoms. The Morgan fingerprint density at radius 3 is 2.37 bits per heavy atom. The Bertz CT molecular complexity index is 539. The lowest BCUT2D eigenvalue weighted by Gasteiger charge is -2.16. The summed E-state index contributed by atoms with van der Waals surface area (Å²) in [5.41, 5.74) is 3.77. The Morgan fingerprint density at radius 2 is 1.84 bits per heavy atom. The van der Waals surface area contributed by atoms with Gasteiger partial charge in [-0.25, -0.2) is 0 Å². The van der Waals surface area contributed by atoms with Gasteiger partial charge in [0.25, 0.3) is 0 Å². The number of hydrazine groups is 1. The van der Waals surface area contributed by atoms with Gasteiger partial charge >= 0.3 is 0 Å². The van der Waals surface area contributed by atoms with Crippen molar-refractivity contribution in [1.29, 1.82) is 0 Å². The summed E-state index contributed by atoms with van der Waals surface area (Å²) in [5.74, 6) is 5.63. The Kier molecular flexibility index (Phi) is 5.69. The molecule has 0 aliphatic heterocycles. The molecule has 1 unspecified atom stereocenters. The number of rotatable bonds is 5. The van der Waals surface area contributed by atoms with Gasteiger partial charge in [0.05, 0.1) is 3.79 Å². The van der Waals surface area contributed by atoms with Gasteiger partial charge in [-0.3, -0.25) is 11.3 Å². The van der Waals surface area contributed by atoms with Gasteiger partial charge in [-0.2, -0.15) is 0 Å². The molecule has 2 nitrogen and oxygen atoms in total. The van der Waals surface area contributed by atoms with Gasteiger partial charge in [0.1, 0.15) is 0 Å². The molecular formula is C13H13BrCl2N2S. The summed E-state index contributed by atoms with van der Waals surface area (Å²) < 4.78 is 1.12. The summed E-state index contributed by atoms with van der Waals surface area (Å²) in [6.45, 7) is 0. The quantitative estimate of drug-likeness (QED) is 0.595. The molecule has 1 aromatic heterocycles. The maximum atomic E-state index is 6.18. The lowest BCUT2D eigenvalue weighted by molar-refractivity contribution is 0.526. The average molecular weight is 380 g/mol. The van der Waals surface area contributed by atoms with Crippen molar-refractivity contribution in [3.05, 3.63) is 54.6 Å². The minimum atomic E-state index is 0.1000. The highest BCUT2D eigenvalue weighted by Crippen LogP contribution is 2.27. The van der Waals surface area contributed by atoms with E-state index in [9.17, 15) is 0 Å². The van der Waals surface area contributed by atoms with Crippen molar-refractivity contribution in [1.82, 2.24) is 5.43 Å². The first-order chi connectivity index (χ1) is 9.10. The van der Waals surface area contributed by atoms with Crippen molar-refractivity contribution in [2.75, 3.05) is 0 Å². The largest absolute Gasteiger partial charge is 0.271 e. The van der Waals surface area contributed by atoms with E-state index in [2.05, 4.69) is 27.4 Å². The molecule has 1 atom stereocenters. The molecule has 1 heterocycles. The van der Waals surface area contributed by atoms with Gasteiger partial charge in [0.15, 0.2) is 0 Å². The summed E-state index contributed by atoms with van der Waals surface area (Å²) in [5, 5.41) is 1.36. The van der Waals surface area contributed by atoms with Crippen molar-refractivity contribution in [2.45, 2.75) is 18.9 Å². The molecule has 2 rings (SSSR count). The third kappa shape index (κ3) is 4.18. The fraction of sp³-hybridized carbons (Fsp3) is 0.231. The number of thiophene rings is 1. The molecule has 6 heteroatoms. The van der Waals surface area contributed by atoms with Crippen molar-refractivity contribution in [2.24, 2.45) is 5.84 Å². The fourth-order valence-electron chi connectivity index (χ4n) is 1.87. The zero-order valence-electron chi connectivity index (χ0n) is 10.00. The molecule has 0 saturated carbocycles. The van der Waals surface area contributed by atoms with E-state index < -0.39 is 0 Å². The molecule has 0 aliphatic rings. The van der Waals surface area contributed by atoms with Crippen molar-refractivity contribution in [3.63, 3.8) is 0 Å². The van der Waals surface area contributed by atoms with Crippen molar-refractivity contribution >= 4 is 50.5 Å². The van der Waals surface area contributed by atoms with Gasteiger partial charge < -0.3 is 0 Å². The van der Waals surface area contributed by atoms with Crippen LogP contribution in [0.15, 0.2) is 34.1 Å². The second kappa shape index (κ2) is 7.07. The fourth-order valence-corrected chi connectivity index (χ4v) is 3.98. The zero-order chi connectivity index (χ0) is 13.8. The third-order valence-corrected chi connectivity index (χ3v) is 5.18. The Labute approximate surface area is 135 Å². The smallest absolute Gasteiger partial charge is 0.0701 e. The molecular weight excluding hydrogens is 367 g/mol. The van der Waals surface area contributed by atoms with Crippen LogP contribution in [0.2, 0.25) is 10.0 Å². The molecule has 0 fully saturated rings. The third-order valence-electron chi connectivity index (χ3n) is 2.82. The second-order valence-corrected chi connectivity index (χ2v) is 7.54. The summed E-state index contributed by atoms with van der Waals surface area (Å²) in [7, 11) is 0. The summed E-state index contributed by atoms with van der Waals surface area (Å²) in [6, 6.07) is 9.76. The second-order valence-electron chi connectivity index (χ2n) is 4.18. The molecule has 0 spiro atoms. The first kappa shape index (κ1) is 15.3. The van der Waals surface area contributed by atoms with E-state index in [1.54, 1.807) is 11.3 Å². The summed E-state index contributed by atoms with van der Waals surface area (Å²) >= 11 is 17.5. The Morgan fingerprint density at radius 1 is 1.16 bits per heavy atom. The summed E-state index contributed by atoms with van der Waals surface area (Å²) in [4.78, 5) is 1.26. The number of hydrogen-bond donors (Lipinski definition) is 2. The highest BCUT2D eigenvalue weighted by molar-refractivity contribution is 9.11. The van der Waals surface area contributed by atoms with Gasteiger partial charge in [0.2, 0.25) is 0 Å². The average Bonchev–Trinajstić information content (AvgIpc) is 2.78. The van der Waals surface area contributed by atoms with Crippen LogP contribution < -0.4 is 11.3 Å².